The Labute approximate surface area is 301 Å². The lowest BCUT2D eigenvalue weighted by atomic mass is 9.57. The number of ether oxygens (including phenoxy) is 5. The average molecular weight is 766 g/mol. The summed E-state index contributed by atoms with van der Waals surface area (Å²) in [5.41, 5.74) is -2.85. The number of aromatic nitrogens is 3. The molecule has 9 heterocycles. The Morgan fingerprint density at radius 1 is 0.774 bits per heavy atom. The first-order valence-corrected chi connectivity index (χ1v) is 18.7. The van der Waals surface area contributed by atoms with Gasteiger partial charge in [-0.1, -0.05) is 26.0 Å². The zero-order chi connectivity index (χ0) is 37.6. The zero-order valence-corrected chi connectivity index (χ0v) is 30.1. The van der Waals surface area contributed by atoms with Crippen molar-refractivity contribution in [2.24, 2.45) is 41.4 Å². The first kappa shape index (κ1) is 36.6. The minimum absolute atomic E-state index is 0.00501. The molecule has 9 fully saturated rings. The predicted octanol–water partition coefficient (Wildman–Crippen LogP) is 7.00. The van der Waals surface area contributed by atoms with Crippen molar-refractivity contribution in [2.45, 2.75) is 153 Å². The Hall–Kier alpha value is -2.06. The van der Waals surface area contributed by atoms with Crippen LogP contribution in [0.3, 0.4) is 0 Å². The van der Waals surface area contributed by atoms with Crippen LogP contribution >= 0.6 is 0 Å². The highest BCUT2D eigenvalue weighted by atomic mass is 19.4. The van der Waals surface area contributed by atoms with E-state index in [4.69, 9.17) is 43.2 Å². The molecule has 0 aromatic carbocycles. The lowest BCUT2D eigenvalue weighted by Crippen LogP contribution is -2.75. The first-order valence-electron chi connectivity index (χ1n) is 18.7. The number of rotatable bonds is 5. The van der Waals surface area contributed by atoms with E-state index in [9.17, 15) is 13.2 Å². The van der Waals surface area contributed by atoms with Crippen LogP contribution in [0.4, 0.5) is 26.3 Å². The van der Waals surface area contributed by atoms with Crippen molar-refractivity contribution < 1.29 is 69.6 Å². The topological polar surface area (TPSA) is 114 Å². The van der Waals surface area contributed by atoms with Crippen LogP contribution in [0, 0.1) is 41.4 Å². The minimum Gasteiger partial charge on any atom is -0.456 e. The molecule has 2 aliphatic carbocycles. The molecule has 7 saturated heterocycles. The molecule has 14 atom stereocenters. The van der Waals surface area contributed by atoms with E-state index in [1.165, 1.54) is 13.1 Å². The van der Waals surface area contributed by atoms with Crippen molar-refractivity contribution >= 4 is 0 Å². The third-order valence-electron chi connectivity index (χ3n) is 14.0. The molecule has 2 saturated carbocycles. The highest BCUT2D eigenvalue weighted by molar-refractivity contribution is 5.28. The van der Waals surface area contributed by atoms with E-state index in [2.05, 4.69) is 17.2 Å². The van der Waals surface area contributed by atoms with Crippen LogP contribution < -0.4 is 0 Å². The number of nitrogens with zero attached hydrogens (tertiary/aromatic N) is 3. The van der Waals surface area contributed by atoms with Crippen molar-refractivity contribution in [2.75, 3.05) is 0 Å². The summed E-state index contributed by atoms with van der Waals surface area (Å²) in [5, 5.41) is 7.91. The second-order valence-corrected chi connectivity index (χ2v) is 17.0. The molecule has 53 heavy (non-hydrogen) atoms. The lowest BCUT2D eigenvalue weighted by Gasteiger charge is -2.62. The SMILES string of the molecule is C[C@@H]1CC[C@H]2C(Cn3nncc3CO[C@@]3(C(F)(F)F)O[C@@H]4O[C@]5(C)CCC6[C@H](C)CC[C@@H]([C@H]3C)C64OO5)=C(C(F)(F)F)O[C@@H]3O[C@]4(C)CCC1C32OO4. The van der Waals surface area contributed by atoms with E-state index >= 15 is 13.2 Å². The highest BCUT2D eigenvalue weighted by Gasteiger charge is 2.77. The average Bonchev–Trinajstić information content (AvgIpc) is 3.22. The Morgan fingerprint density at radius 3 is 2.06 bits per heavy atom. The molecule has 8 aliphatic heterocycles. The van der Waals surface area contributed by atoms with Gasteiger partial charge >= 0.3 is 12.4 Å². The van der Waals surface area contributed by atoms with Crippen molar-refractivity contribution in [3.63, 3.8) is 0 Å². The van der Waals surface area contributed by atoms with Crippen LogP contribution in [0.15, 0.2) is 17.5 Å². The van der Waals surface area contributed by atoms with Crippen molar-refractivity contribution in [1.82, 2.24) is 15.0 Å². The summed E-state index contributed by atoms with van der Waals surface area (Å²) >= 11 is 0. The van der Waals surface area contributed by atoms with Gasteiger partial charge in [0, 0.05) is 42.1 Å². The predicted molar refractivity (Wildman–Crippen MR) is 164 cm³/mol. The van der Waals surface area contributed by atoms with Crippen LogP contribution in [0.25, 0.3) is 0 Å². The summed E-state index contributed by atoms with van der Waals surface area (Å²) in [7, 11) is 0. The van der Waals surface area contributed by atoms with Gasteiger partial charge in [-0.15, -0.1) is 5.10 Å². The third-order valence-corrected chi connectivity index (χ3v) is 14.0. The summed E-state index contributed by atoms with van der Waals surface area (Å²) in [4.78, 5) is 23.6. The molecule has 0 amide bonds. The number of fused-ring (bicyclic) bond motifs is 4. The molecule has 1 aromatic rings. The van der Waals surface area contributed by atoms with E-state index in [0.717, 1.165) is 4.68 Å². The van der Waals surface area contributed by atoms with E-state index in [1.807, 2.05) is 6.92 Å². The van der Waals surface area contributed by atoms with E-state index in [0.29, 0.717) is 51.4 Å². The van der Waals surface area contributed by atoms with Crippen LogP contribution in [0.1, 0.15) is 91.7 Å². The maximum Gasteiger partial charge on any atom is 0.449 e. The highest BCUT2D eigenvalue weighted by Crippen LogP contribution is 2.65. The van der Waals surface area contributed by atoms with Gasteiger partial charge in [0.15, 0.2) is 17.5 Å². The van der Waals surface area contributed by atoms with Crippen molar-refractivity contribution in [3.05, 3.63) is 23.2 Å². The second-order valence-electron chi connectivity index (χ2n) is 17.0. The zero-order valence-electron chi connectivity index (χ0n) is 30.1. The molecular weight excluding hydrogens is 720 g/mol. The number of halogens is 6. The molecular formula is C35H45F6N3O9. The summed E-state index contributed by atoms with van der Waals surface area (Å²) in [6, 6.07) is 0. The molecule has 0 radical (unpaired) electrons. The first-order chi connectivity index (χ1) is 24.9. The molecule has 12 nitrogen and oxygen atoms in total. The van der Waals surface area contributed by atoms with Crippen LogP contribution in [0.5, 0.6) is 0 Å². The van der Waals surface area contributed by atoms with Gasteiger partial charge < -0.3 is 23.7 Å². The fourth-order valence-corrected chi connectivity index (χ4v) is 11.3. The Morgan fingerprint density at radius 2 is 1.40 bits per heavy atom. The summed E-state index contributed by atoms with van der Waals surface area (Å²) in [6.45, 7) is 7.47. The van der Waals surface area contributed by atoms with Gasteiger partial charge in [-0.05, 0) is 70.1 Å². The molecule has 2 spiro atoms. The fraction of sp³-hybridized carbons (Fsp3) is 0.886. The van der Waals surface area contributed by atoms with Crippen LogP contribution in [-0.4, -0.2) is 68.5 Å². The van der Waals surface area contributed by atoms with Gasteiger partial charge in [-0.25, -0.2) is 24.2 Å². The Bertz CT molecular complexity index is 1660. The number of hydrogen-bond donors (Lipinski definition) is 0. The van der Waals surface area contributed by atoms with E-state index in [-0.39, 0.29) is 34.9 Å². The summed E-state index contributed by atoms with van der Waals surface area (Å²) < 4.78 is 122. The lowest BCUT2D eigenvalue weighted by molar-refractivity contribution is -0.599. The number of hydrogen-bond acceptors (Lipinski definition) is 11. The van der Waals surface area contributed by atoms with Crippen molar-refractivity contribution in [3.8, 4) is 0 Å². The molecule has 10 aliphatic rings. The fourth-order valence-electron chi connectivity index (χ4n) is 11.3. The van der Waals surface area contributed by atoms with E-state index < -0.39 is 90.2 Å². The third kappa shape index (κ3) is 5.11. The monoisotopic (exact) mass is 765 g/mol. The summed E-state index contributed by atoms with van der Waals surface area (Å²) in [5.74, 6) is -10.2. The van der Waals surface area contributed by atoms with Gasteiger partial charge in [-0.2, -0.15) is 26.3 Å². The van der Waals surface area contributed by atoms with Gasteiger partial charge in [0.05, 0.1) is 25.0 Å². The van der Waals surface area contributed by atoms with Gasteiger partial charge in [0.1, 0.15) is 0 Å². The molecule has 4 bridgehead atoms. The van der Waals surface area contributed by atoms with Gasteiger partial charge in [0.25, 0.3) is 5.79 Å². The standard InChI is InChI=1S/C35H45F6N3O9/c1-17-6-8-24-19(3)33(35(39,40)41,49-28-31(24)22(17)10-13-30(5,48-28)51-52-31)45-16-20-14-42-43-44(20)15-21-25-9-7-18(2)23-11-12-29(4)47-27(32(23,25)53-50-29)46-26(21)34(36,37)38/h14,17-19,22-25,27-28H,6-13,15-16H2,1-5H3/t17-,18-,19-,22?,23?,24+,25+,27-,28+,29+,30+,31?,32?,33-/m1/s1. The minimum atomic E-state index is -5.06. The second kappa shape index (κ2) is 11.7. The Kier molecular flexibility index (Phi) is 8.10. The smallest absolute Gasteiger partial charge is 0.449 e. The van der Waals surface area contributed by atoms with Gasteiger partial charge in [0.2, 0.25) is 23.6 Å². The number of allylic oxidation sites excluding steroid dienone is 1. The number of alkyl halides is 6. The van der Waals surface area contributed by atoms with Crippen molar-refractivity contribution in [1.29, 1.82) is 0 Å². The maximum absolute atomic E-state index is 15.5. The van der Waals surface area contributed by atoms with Crippen LogP contribution in [-0.2, 0) is 56.4 Å². The molecule has 1 aromatic heterocycles. The maximum atomic E-state index is 15.5. The largest absolute Gasteiger partial charge is 0.456 e. The van der Waals surface area contributed by atoms with Crippen LogP contribution in [0.2, 0.25) is 0 Å². The van der Waals surface area contributed by atoms with E-state index in [1.54, 1.807) is 13.8 Å². The molecule has 11 rings (SSSR count). The molecule has 0 N–H and O–H groups in total. The molecule has 18 heteroatoms. The van der Waals surface area contributed by atoms with Gasteiger partial charge in [-0.3, -0.25) is 0 Å². The molecule has 4 unspecified atom stereocenters. The normalized spacial score (nSPS) is 49.2. The quantitative estimate of drug-likeness (QED) is 0.228. The summed E-state index contributed by atoms with van der Waals surface area (Å²) in [6.07, 6.45) is -7.72. The Balaban J connectivity index is 1.05. The molecule has 296 valence electrons.